The first-order valence-corrected chi connectivity index (χ1v) is 12.0. The van der Waals surface area contributed by atoms with Crippen molar-refractivity contribution in [1.82, 2.24) is 5.32 Å². The first kappa shape index (κ1) is 28.5. The van der Waals surface area contributed by atoms with Gasteiger partial charge in [-0.25, -0.2) is 9.18 Å². The fourth-order valence-corrected chi connectivity index (χ4v) is 3.21. The van der Waals surface area contributed by atoms with Crippen LogP contribution in [0.3, 0.4) is 0 Å². The van der Waals surface area contributed by atoms with E-state index in [1.165, 1.54) is 6.07 Å². The second kappa shape index (κ2) is 16.6. The van der Waals surface area contributed by atoms with Crippen molar-refractivity contribution in [2.75, 3.05) is 73.2 Å². The Balaban J connectivity index is 1.25. The first-order chi connectivity index (χ1) is 18.2. The molecule has 10 nitrogen and oxygen atoms in total. The second-order valence-electron chi connectivity index (χ2n) is 7.75. The minimum atomic E-state index is -0.744. The van der Waals surface area contributed by atoms with Crippen molar-refractivity contribution < 1.29 is 42.4 Å². The molecule has 1 aliphatic rings. The second-order valence-corrected chi connectivity index (χ2v) is 7.75. The van der Waals surface area contributed by atoms with Crippen LogP contribution in [0.4, 0.5) is 4.39 Å². The normalized spacial score (nSPS) is 14.6. The van der Waals surface area contributed by atoms with E-state index in [0.717, 1.165) is 0 Å². The maximum absolute atomic E-state index is 14.0. The van der Waals surface area contributed by atoms with Gasteiger partial charge in [-0.05, 0) is 18.2 Å². The van der Waals surface area contributed by atoms with Crippen LogP contribution in [-0.4, -0.2) is 85.0 Å². The molecule has 1 atom stereocenters. The summed E-state index contributed by atoms with van der Waals surface area (Å²) in [6.07, 6.45) is -0.744. The van der Waals surface area contributed by atoms with Gasteiger partial charge in [-0.1, -0.05) is 35.5 Å². The van der Waals surface area contributed by atoms with Gasteiger partial charge in [-0.15, -0.1) is 0 Å². The lowest BCUT2D eigenvalue weighted by Crippen LogP contribution is -2.24. The molecule has 202 valence electrons. The number of amidine groups is 1. The van der Waals surface area contributed by atoms with Crippen molar-refractivity contribution in [1.29, 1.82) is 0 Å². The number of nitrogens with one attached hydrogen (secondary N) is 1. The molecule has 0 amide bonds. The summed E-state index contributed by atoms with van der Waals surface area (Å²) in [4.78, 5) is 17.7. The molecule has 1 N–H and O–H groups in total. The van der Waals surface area contributed by atoms with Gasteiger partial charge in [-0.3, -0.25) is 0 Å². The molecule has 0 saturated heterocycles. The lowest BCUT2D eigenvalue weighted by molar-refractivity contribution is -0.0129. The number of ether oxygens (including phenoxy) is 6. The molecule has 3 rings (SSSR count). The van der Waals surface area contributed by atoms with Gasteiger partial charge in [0.15, 0.2) is 5.84 Å². The Morgan fingerprint density at radius 3 is 2.14 bits per heavy atom. The first-order valence-electron chi connectivity index (χ1n) is 12.0. The molecule has 2 aromatic carbocycles. The lowest BCUT2D eigenvalue weighted by atomic mass is 10.1. The van der Waals surface area contributed by atoms with Gasteiger partial charge < -0.3 is 38.6 Å². The molecular formula is C26H33FN2O8. The highest BCUT2D eigenvalue weighted by atomic mass is 19.1. The number of hydrogen-bond donors (Lipinski definition) is 1. The standard InChI is InChI=1S/C26H33FN2O8/c1-31-9-10-32-11-12-33-13-14-34-15-16-35-17-18-36-26(30)21-6-4-5-20(19-21)24-28-25(37-29-24)22-7-2-3-8-23(22)27/h2-8,19,25H,9-18H2,1H3,(H,28,29). The van der Waals surface area contributed by atoms with Crippen LogP contribution in [0.1, 0.15) is 27.7 Å². The van der Waals surface area contributed by atoms with Crippen LogP contribution in [0.2, 0.25) is 0 Å². The Morgan fingerprint density at radius 1 is 0.865 bits per heavy atom. The summed E-state index contributed by atoms with van der Waals surface area (Å²) in [6, 6.07) is 13.0. The third-order valence-electron chi connectivity index (χ3n) is 5.09. The third-order valence-corrected chi connectivity index (χ3v) is 5.09. The zero-order chi connectivity index (χ0) is 26.1. The van der Waals surface area contributed by atoms with E-state index in [1.807, 2.05) is 0 Å². The Bertz CT molecular complexity index is 991. The molecule has 37 heavy (non-hydrogen) atoms. The van der Waals surface area contributed by atoms with E-state index in [9.17, 15) is 9.18 Å². The van der Waals surface area contributed by atoms with E-state index in [2.05, 4.69) is 10.5 Å². The molecule has 0 fully saturated rings. The number of benzene rings is 2. The minimum absolute atomic E-state index is 0.104. The van der Waals surface area contributed by atoms with Gasteiger partial charge in [0.2, 0.25) is 6.23 Å². The Morgan fingerprint density at radius 2 is 1.49 bits per heavy atom. The van der Waals surface area contributed by atoms with Crippen molar-refractivity contribution in [2.24, 2.45) is 5.16 Å². The van der Waals surface area contributed by atoms with Crippen LogP contribution in [0.15, 0.2) is 53.7 Å². The Labute approximate surface area is 215 Å². The van der Waals surface area contributed by atoms with Crippen LogP contribution < -0.4 is 5.32 Å². The van der Waals surface area contributed by atoms with Crippen LogP contribution in [-0.2, 0) is 33.3 Å². The molecule has 1 aliphatic heterocycles. The number of oxime groups is 1. The van der Waals surface area contributed by atoms with Gasteiger partial charge in [0.1, 0.15) is 12.4 Å². The van der Waals surface area contributed by atoms with Gasteiger partial charge in [-0.2, -0.15) is 0 Å². The summed E-state index contributed by atoms with van der Waals surface area (Å²) in [5, 5.41) is 7.00. The molecule has 0 spiro atoms. The topological polar surface area (TPSA) is 106 Å². The van der Waals surface area contributed by atoms with Crippen LogP contribution >= 0.6 is 0 Å². The van der Waals surface area contributed by atoms with Crippen LogP contribution in [0, 0.1) is 5.82 Å². The molecule has 2 aromatic rings. The van der Waals surface area contributed by atoms with Crippen LogP contribution in [0.5, 0.6) is 0 Å². The monoisotopic (exact) mass is 520 g/mol. The lowest BCUT2D eigenvalue weighted by Gasteiger charge is -2.11. The van der Waals surface area contributed by atoms with E-state index in [1.54, 1.807) is 49.6 Å². The van der Waals surface area contributed by atoms with E-state index >= 15 is 0 Å². The molecule has 11 heteroatoms. The van der Waals surface area contributed by atoms with E-state index in [4.69, 9.17) is 33.3 Å². The quantitative estimate of drug-likeness (QED) is 0.235. The average Bonchev–Trinajstić information content (AvgIpc) is 3.41. The smallest absolute Gasteiger partial charge is 0.338 e. The highest BCUT2D eigenvalue weighted by Crippen LogP contribution is 2.23. The van der Waals surface area contributed by atoms with Gasteiger partial charge in [0.05, 0.1) is 70.6 Å². The van der Waals surface area contributed by atoms with E-state index in [-0.39, 0.29) is 13.2 Å². The largest absolute Gasteiger partial charge is 0.460 e. The minimum Gasteiger partial charge on any atom is -0.460 e. The number of methoxy groups -OCH3 is 1. The zero-order valence-corrected chi connectivity index (χ0v) is 20.9. The van der Waals surface area contributed by atoms with E-state index < -0.39 is 18.0 Å². The molecule has 0 aromatic heterocycles. The maximum Gasteiger partial charge on any atom is 0.338 e. The predicted molar refractivity (Wildman–Crippen MR) is 132 cm³/mol. The summed E-state index contributed by atoms with van der Waals surface area (Å²) in [7, 11) is 1.63. The molecular weight excluding hydrogens is 487 g/mol. The number of nitrogens with zero attached hydrogens (tertiary/aromatic N) is 1. The van der Waals surface area contributed by atoms with Crippen molar-refractivity contribution in [3.63, 3.8) is 0 Å². The fraction of sp³-hybridized carbons (Fsp3) is 0.462. The SMILES string of the molecule is COCCOCCOCCOCCOCCOC(=O)c1cccc(C2=NOC(c3ccccc3F)N2)c1. The average molecular weight is 521 g/mol. The number of carbonyl (C=O) groups excluding carboxylic acids is 1. The molecule has 1 heterocycles. The van der Waals surface area contributed by atoms with Gasteiger partial charge in [0.25, 0.3) is 0 Å². The van der Waals surface area contributed by atoms with Gasteiger partial charge in [0, 0.05) is 12.7 Å². The highest BCUT2D eigenvalue weighted by molar-refractivity contribution is 6.01. The Kier molecular flexibility index (Phi) is 12.8. The summed E-state index contributed by atoms with van der Waals surface area (Å²) >= 11 is 0. The summed E-state index contributed by atoms with van der Waals surface area (Å²) < 4.78 is 45.7. The molecule has 0 aliphatic carbocycles. The van der Waals surface area contributed by atoms with E-state index in [0.29, 0.717) is 75.4 Å². The number of carbonyl (C=O) groups is 1. The molecule has 0 saturated carbocycles. The van der Waals surface area contributed by atoms with Crippen molar-refractivity contribution in [3.05, 3.63) is 71.0 Å². The zero-order valence-electron chi connectivity index (χ0n) is 20.9. The molecule has 0 bridgehead atoms. The predicted octanol–water partition coefficient (Wildman–Crippen LogP) is 2.68. The third kappa shape index (κ3) is 10.1. The number of rotatable bonds is 18. The van der Waals surface area contributed by atoms with Crippen molar-refractivity contribution >= 4 is 11.8 Å². The summed E-state index contributed by atoms with van der Waals surface area (Å²) in [6.45, 7) is 4.22. The maximum atomic E-state index is 14.0. The number of halogens is 1. The summed E-state index contributed by atoms with van der Waals surface area (Å²) in [5.41, 5.74) is 1.31. The van der Waals surface area contributed by atoms with Gasteiger partial charge >= 0.3 is 5.97 Å². The highest BCUT2D eigenvalue weighted by Gasteiger charge is 2.25. The fourth-order valence-electron chi connectivity index (χ4n) is 3.21. The van der Waals surface area contributed by atoms with Crippen molar-refractivity contribution in [2.45, 2.75) is 6.23 Å². The number of esters is 1. The molecule has 1 unspecified atom stereocenters. The Hall–Kier alpha value is -3.09. The molecule has 0 radical (unpaired) electrons. The van der Waals surface area contributed by atoms with Crippen LogP contribution in [0.25, 0.3) is 0 Å². The van der Waals surface area contributed by atoms with Crippen molar-refractivity contribution in [3.8, 4) is 0 Å². The summed E-state index contributed by atoms with van der Waals surface area (Å²) in [5.74, 6) is -0.491. The number of hydrogen-bond acceptors (Lipinski definition) is 10.